The van der Waals surface area contributed by atoms with Crippen molar-refractivity contribution in [1.82, 2.24) is 5.32 Å². The Morgan fingerprint density at radius 2 is 2.09 bits per heavy atom. The first-order valence-corrected chi connectivity index (χ1v) is 7.61. The van der Waals surface area contributed by atoms with Gasteiger partial charge in [0, 0.05) is 12.2 Å². The Balaban J connectivity index is 0.00000176. The number of hydrogen-bond donors (Lipinski definition) is 2. The second-order valence-corrected chi connectivity index (χ2v) is 5.78. The molecule has 0 aromatic heterocycles. The van der Waals surface area contributed by atoms with E-state index in [0.29, 0.717) is 13.2 Å². The molecule has 0 unspecified atom stereocenters. The van der Waals surface area contributed by atoms with Crippen LogP contribution in [0.4, 0.5) is 5.69 Å². The molecular formula is C16H23ClN2O3. The lowest BCUT2D eigenvalue weighted by molar-refractivity contribution is -0.123. The molecule has 3 rings (SSSR count). The van der Waals surface area contributed by atoms with E-state index in [9.17, 15) is 4.79 Å². The molecule has 0 spiro atoms. The van der Waals surface area contributed by atoms with Crippen molar-refractivity contribution in [3.63, 3.8) is 0 Å². The molecule has 22 heavy (non-hydrogen) atoms. The van der Waals surface area contributed by atoms with E-state index >= 15 is 0 Å². The molecule has 5 nitrogen and oxygen atoms in total. The van der Waals surface area contributed by atoms with Crippen molar-refractivity contribution in [2.75, 3.05) is 25.1 Å². The van der Waals surface area contributed by atoms with Crippen LogP contribution in [0.3, 0.4) is 0 Å². The van der Waals surface area contributed by atoms with Gasteiger partial charge >= 0.3 is 0 Å². The number of benzene rings is 1. The van der Waals surface area contributed by atoms with Crippen molar-refractivity contribution >= 4 is 24.0 Å². The number of hydrogen-bond acceptors (Lipinski definition) is 4. The Morgan fingerprint density at radius 1 is 1.36 bits per heavy atom. The molecule has 1 aliphatic carbocycles. The molecule has 2 atom stereocenters. The number of morpholine rings is 1. The second-order valence-electron chi connectivity index (χ2n) is 5.78. The molecule has 0 radical (unpaired) electrons. The van der Waals surface area contributed by atoms with Gasteiger partial charge in [-0.3, -0.25) is 4.79 Å². The second kappa shape index (κ2) is 7.81. The lowest BCUT2D eigenvalue weighted by atomic mass is 10.1. The van der Waals surface area contributed by atoms with E-state index in [0.717, 1.165) is 24.0 Å². The highest BCUT2D eigenvalue weighted by Gasteiger charge is 2.28. The van der Waals surface area contributed by atoms with E-state index in [1.54, 1.807) is 0 Å². The SMILES string of the molecule is C[C@H]1OCCN[C@@H]1C(=O)Nc1ccc(OCC2CC2)cc1.Cl. The maximum Gasteiger partial charge on any atom is 0.244 e. The molecule has 2 N–H and O–H groups in total. The average Bonchev–Trinajstić information content (AvgIpc) is 3.31. The summed E-state index contributed by atoms with van der Waals surface area (Å²) in [6.07, 6.45) is 2.45. The number of carbonyl (C=O) groups is 1. The Bertz CT molecular complexity index is 491. The summed E-state index contributed by atoms with van der Waals surface area (Å²) in [5.41, 5.74) is 0.776. The van der Waals surface area contributed by atoms with Crippen LogP contribution in [-0.2, 0) is 9.53 Å². The number of ether oxygens (including phenoxy) is 2. The topological polar surface area (TPSA) is 59.6 Å². The zero-order valence-corrected chi connectivity index (χ0v) is 13.5. The van der Waals surface area contributed by atoms with Crippen molar-refractivity contribution in [3.05, 3.63) is 24.3 Å². The van der Waals surface area contributed by atoms with E-state index < -0.39 is 0 Å². The molecular weight excluding hydrogens is 304 g/mol. The molecule has 2 aliphatic rings. The molecule has 6 heteroatoms. The first kappa shape index (κ1) is 17.1. The number of nitrogens with one attached hydrogen (secondary N) is 2. The molecule has 1 aromatic carbocycles. The third-order valence-electron chi connectivity index (χ3n) is 3.90. The van der Waals surface area contributed by atoms with Crippen molar-refractivity contribution in [3.8, 4) is 5.75 Å². The van der Waals surface area contributed by atoms with E-state index in [2.05, 4.69) is 10.6 Å². The molecule has 1 saturated carbocycles. The summed E-state index contributed by atoms with van der Waals surface area (Å²) < 4.78 is 11.2. The normalized spacial score (nSPS) is 24.2. The highest BCUT2D eigenvalue weighted by Crippen LogP contribution is 2.29. The fourth-order valence-corrected chi connectivity index (χ4v) is 2.38. The van der Waals surface area contributed by atoms with Gasteiger partial charge < -0.3 is 20.1 Å². The monoisotopic (exact) mass is 326 g/mol. The number of rotatable bonds is 5. The van der Waals surface area contributed by atoms with Crippen LogP contribution < -0.4 is 15.4 Å². The smallest absolute Gasteiger partial charge is 0.244 e. The molecule has 1 saturated heterocycles. The van der Waals surface area contributed by atoms with Gasteiger partial charge in [-0.05, 0) is 49.9 Å². The van der Waals surface area contributed by atoms with Crippen LogP contribution in [0.25, 0.3) is 0 Å². The Morgan fingerprint density at radius 3 is 2.73 bits per heavy atom. The van der Waals surface area contributed by atoms with Crippen LogP contribution in [0, 0.1) is 5.92 Å². The third kappa shape index (κ3) is 4.60. The summed E-state index contributed by atoms with van der Waals surface area (Å²) in [6.45, 7) is 4.06. The fraction of sp³-hybridized carbons (Fsp3) is 0.562. The van der Waals surface area contributed by atoms with Crippen LogP contribution in [0.1, 0.15) is 19.8 Å². The number of carbonyl (C=O) groups excluding carboxylic acids is 1. The van der Waals surface area contributed by atoms with Gasteiger partial charge in [0.05, 0.1) is 19.3 Å². The first-order chi connectivity index (χ1) is 10.2. The van der Waals surface area contributed by atoms with Gasteiger partial charge in [0.1, 0.15) is 11.8 Å². The van der Waals surface area contributed by atoms with E-state index in [1.165, 1.54) is 12.8 Å². The summed E-state index contributed by atoms with van der Waals surface area (Å²) in [5.74, 6) is 1.53. The maximum absolute atomic E-state index is 12.2. The first-order valence-electron chi connectivity index (χ1n) is 7.61. The molecule has 2 fully saturated rings. The average molecular weight is 327 g/mol. The number of anilines is 1. The van der Waals surface area contributed by atoms with Crippen LogP contribution in [0.2, 0.25) is 0 Å². The zero-order valence-electron chi connectivity index (χ0n) is 12.7. The van der Waals surface area contributed by atoms with Crippen LogP contribution >= 0.6 is 12.4 Å². The van der Waals surface area contributed by atoms with E-state index in [-0.39, 0.29) is 30.5 Å². The molecule has 1 aliphatic heterocycles. The quantitative estimate of drug-likeness (QED) is 0.871. The largest absolute Gasteiger partial charge is 0.493 e. The summed E-state index contributed by atoms with van der Waals surface area (Å²) in [4.78, 5) is 12.2. The lowest BCUT2D eigenvalue weighted by Gasteiger charge is -2.29. The zero-order chi connectivity index (χ0) is 14.7. The van der Waals surface area contributed by atoms with Crippen molar-refractivity contribution in [2.24, 2.45) is 5.92 Å². The molecule has 1 heterocycles. The minimum Gasteiger partial charge on any atom is -0.493 e. The van der Waals surface area contributed by atoms with Gasteiger partial charge in [0.15, 0.2) is 0 Å². The molecule has 1 amide bonds. The Hall–Kier alpha value is -1.30. The van der Waals surface area contributed by atoms with Gasteiger partial charge in [-0.2, -0.15) is 0 Å². The molecule has 0 bridgehead atoms. The van der Waals surface area contributed by atoms with Crippen molar-refractivity contribution < 1.29 is 14.3 Å². The van der Waals surface area contributed by atoms with Gasteiger partial charge in [0.25, 0.3) is 0 Å². The van der Waals surface area contributed by atoms with Crippen LogP contribution in [0.15, 0.2) is 24.3 Å². The summed E-state index contributed by atoms with van der Waals surface area (Å²) >= 11 is 0. The van der Waals surface area contributed by atoms with Crippen LogP contribution in [0.5, 0.6) is 5.75 Å². The molecule has 122 valence electrons. The van der Waals surface area contributed by atoms with Crippen molar-refractivity contribution in [2.45, 2.75) is 31.9 Å². The fourth-order valence-electron chi connectivity index (χ4n) is 2.38. The number of amides is 1. The summed E-state index contributed by atoms with van der Waals surface area (Å²) in [5, 5.41) is 6.09. The van der Waals surface area contributed by atoms with Gasteiger partial charge in [-0.25, -0.2) is 0 Å². The Labute approximate surface area is 137 Å². The van der Waals surface area contributed by atoms with E-state index in [1.807, 2.05) is 31.2 Å². The highest BCUT2D eigenvalue weighted by atomic mass is 35.5. The Kier molecular flexibility index (Phi) is 6.06. The number of halogens is 1. The lowest BCUT2D eigenvalue weighted by Crippen LogP contribution is -2.53. The van der Waals surface area contributed by atoms with Crippen molar-refractivity contribution in [1.29, 1.82) is 0 Å². The summed E-state index contributed by atoms with van der Waals surface area (Å²) in [7, 11) is 0. The predicted octanol–water partition coefficient (Wildman–Crippen LogP) is 2.21. The van der Waals surface area contributed by atoms with Gasteiger partial charge in [-0.1, -0.05) is 0 Å². The third-order valence-corrected chi connectivity index (χ3v) is 3.90. The predicted molar refractivity (Wildman–Crippen MR) is 87.7 cm³/mol. The van der Waals surface area contributed by atoms with Gasteiger partial charge in [-0.15, -0.1) is 12.4 Å². The van der Waals surface area contributed by atoms with Gasteiger partial charge in [0.2, 0.25) is 5.91 Å². The maximum atomic E-state index is 12.2. The molecule has 1 aromatic rings. The summed E-state index contributed by atoms with van der Waals surface area (Å²) in [6, 6.07) is 7.23. The minimum atomic E-state index is -0.301. The van der Waals surface area contributed by atoms with E-state index in [4.69, 9.17) is 9.47 Å². The highest BCUT2D eigenvalue weighted by molar-refractivity contribution is 5.95. The van der Waals surface area contributed by atoms with Crippen LogP contribution in [-0.4, -0.2) is 37.8 Å². The minimum absolute atomic E-state index is 0. The standard InChI is InChI=1S/C16H22N2O3.ClH/c1-11-15(17-8-9-20-11)16(19)18-13-4-6-14(7-5-13)21-10-12-2-3-12;/h4-7,11-12,15,17H,2-3,8-10H2,1H3,(H,18,19);1H/t11-,15+;/m1./s1.